The van der Waals surface area contributed by atoms with Crippen LogP contribution in [-0.4, -0.2) is 47.9 Å². The number of pyridine rings is 1. The summed E-state index contributed by atoms with van der Waals surface area (Å²) in [6, 6.07) is 17.3. The van der Waals surface area contributed by atoms with Crippen molar-refractivity contribution < 1.29 is 14.3 Å². The number of carbonyl (C=O) groups is 1. The highest BCUT2D eigenvalue weighted by Crippen LogP contribution is 2.20. The van der Waals surface area contributed by atoms with Gasteiger partial charge in [0.1, 0.15) is 12.4 Å². The Bertz CT molecular complexity index is 1170. The lowest BCUT2D eigenvalue weighted by atomic mass is 10.0. The number of nitrogens with zero attached hydrogens (tertiary/aromatic N) is 2. The topological polar surface area (TPSA) is 72.8 Å². The van der Waals surface area contributed by atoms with Gasteiger partial charge in [0.05, 0.1) is 18.7 Å². The maximum Gasteiger partial charge on any atom is 0.409 e. The van der Waals surface area contributed by atoms with Gasteiger partial charge in [-0.15, -0.1) is 0 Å². The van der Waals surface area contributed by atoms with Crippen molar-refractivity contribution in [2.45, 2.75) is 38.9 Å². The number of halogens is 1. The summed E-state index contributed by atoms with van der Waals surface area (Å²) < 4.78 is 12.7. The minimum Gasteiger partial charge on any atom is -0.492 e. The van der Waals surface area contributed by atoms with Crippen molar-refractivity contribution in [1.29, 1.82) is 0 Å². The monoisotopic (exact) mass is 483 g/mol. The number of aromatic nitrogens is 1. The van der Waals surface area contributed by atoms with E-state index < -0.39 is 0 Å². The molecule has 0 saturated carbocycles. The summed E-state index contributed by atoms with van der Waals surface area (Å²) >= 11 is 6.23. The standard InChI is InChI=1S/C26H30ClN3O4/c1-2-33-26(32)29-12-10-22(11-13-29)28-18-20-16-19-8-9-21(27)17-24(19)30(25(20)31)14-15-34-23-6-4-3-5-7-23/h3-9,16-17,22,28H,2,10-15,18H2,1H3. The average molecular weight is 484 g/mol. The van der Waals surface area contributed by atoms with Gasteiger partial charge < -0.3 is 24.3 Å². The van der Waals surface area contributed by atoms with Crippen molar-refractivity contribution in [1.82, 2.24) is 14.8 Å². The summed E-state index contributed by atoms with van der Waals surface area (Å²) in [5.74, 6) is 0.768. The summed E-state index contributed by atoms with van der Waals surface area (Å²) in [4.78, 5) is 27.0. The van der Waals surface area contributed by atoms with E-state index in [2.05, 4.69) is 5.32 Å². The SMILES string of the molecule is CCOC(=O)N1CCC(NCc2cc3ccc(Cl)cc3n(CCOc3ccccc3)c2=O)CC1. The van der Waals surface area contributed by atoms with E-state index in [-0.39, 0.29) is 17.7 Å². The quantitative estimate of drug-likeness (QED) is 0.512. The molecule has 1 aliphatic heterocycles. The Kier molecular flexibility index (Phi) is 8.08. The first-order valence-electron chi connectivity index (χ1n) is 11.7. The number of hydrogen-bond acceptors (Lipinski definition) is 5. The van der Waals surface area contributed by atoms with Gasteiger partial charge in [-0.2, -0.15) is 0 Å². The van der Waals surface area contributed by atoms with Crippen LogP contribution in [0.3, 0.4) is 0 Å². The molecule has 0 aliphatic carbocycles. The van der Waals surface area contributed by atoms with E-state index in [1.807, 2.05) is 61.5 Å². The first-order chi connectivity index (χ1) is 16.5. The van der Waals surface area contributed by atoms with Crippen molar-refractivity contribution in [3.63, 3.8) is 0 Å². The number of ether oxygens (including phenoxy) is 2. The van der Waals surface area contributed by atoms with E-state index in [0.717, 1.165) is 29.5 Å². The van der Waals surface area contributed by atoms with Gasteiger partial charge >= 0.3 is 6.09 Å². The number of rotatable bonds is 8. The van der Waals surface area contributed by atoms with E-state index in [4.69, 9.17) is 21.1 Å². The van der Waals surface area contributed by atoms with Crippen LogP contribution in [-0.2, 0) is 17.8 Å². The van der Waals surface area contributed by atoms with Crippen LogP contribution in [0.2, 0.25) is 5.02 Å². The van der Waals surface area contributed by atoms with Crippen LogP contribution < -0.4 is 15.6 Å². The predicted octanol–water partition coefficient (Wildman–Crippen LogP) is 4.44. The lowest BCUT2D eigenvalue weighted by Crippen LogP contribution is -2.45. The van der Waals surface area contributed by atoms with Crippen molar-refractivity contribution in [2.24, 2.45) is 0 Å². The molecule has 0 bridgehead atoms. The second-order valence-electron chi connectivity index (χ2n) is 8.33. The zero-order valence-electron chi connectivity index (χ0n) is 19.3. The maximum absolute atomic E-state index is 13.4. The lowest BCUT2D eigenvalue weighted by molar-refractivity contribution is 0.0950. The van der Waals surface area contributed by atoms with Gasteiger partial charge in [0.25, 0.3) is 5.56 Å². The van der Waals surface area contributed by atoms with Crippen LogP contribution in [0.15, 0.2) is 59.4 Å². The summed E-state index contributed by atoms with van der Waals surface area (Å²) in [7, 11) is 0. The van der Waals surface area contributed by atoms with Crippen molar-refractivity contribution in [3.8, 4) is 5.75 Å². The number of nitrogens with one attached hydrogen (secondary N) is 1. The van der Waals surface area contributed by atoms with Crippen molar-refractivity contribution in [2.75, 3.05) is 26.3 Å². The summed E-state index contributed by atoms with van der Waals surface area (Å²) in [6.45, 7) is 4.73. The number of piperidine rings is 1. The molecule has 8 heteroatoms. The molecule has 180 valence electrons. The van der Waals surface area contributed by atoms with E-state index in [1.54, 1.807) is 9.47 Å². The molecule has 1 aliphatic rings. The number of carbonyl (C=O) groups excluding carboxylic acids is 1. The maximum atomic E-state index is 13.4. The van der Waals surface area contributed by atoms with Crippen LogP contribution in [0.1, 0.15) is 25.3 Å². The second kappa shape index (κ2) is 11.4. The highest BCUT2D eigenvalue weighted by Gasteiger charge is 2.23. The van der Waals surface area contributed by atoms with Gasteiger partial charge in [0, 0.05) is 36.3 Å². The number of hydrogen-bond donors (Lipinski definition) is 1. The molecule has 7 nitrogen and oxygen atoms in total. The molecule has 1 N–H and O–H groups in total. The van der Waals surface area contributed by atoms with Crippen LogP contribution in [0, 0.1) is 0 Å². The zero-order chi connectivity index (χ0) is 23.9. The minimum absolute atomic E-state index is 0.0529. The fourth-order valence-corrected chi connectivity index (χ4v) is 4.43. The number of para-hydroxylation sites is 1. The molecule has 0 unspecified atom stereocenters. The van der Waals surface area contributed by atoms with E-state index in [1.165, 1.54) is 0 Å². The third kappa shape index (κ3) is 5.90. The van der Waals surface area contributed by atoms with Gasteiger partial charge in [-0.05, 0) is 55.5 Å². The molecule has 0 spiro atoms. The Morgan fingerprint density at radius 1 is 1.12 bits per heavy atom. The molecule has 1 fully saturated rings. The normalized spacial score (nSPS) is 14.4. The third-order valence-corrected chi connectivity index (χ3v) is 6.30. The number of amides is 1. The average Bonchev–Trinajstić information content (AvgIpc) is 2.85. The minimum atomic E-state index is -0.255. The van der Waals surface area contributed by atoms with Crippen LogP contribution in [0.5, 0.6) is 5.75 Å². The number of benzene rings is 2. The fraction of sp³-hybridized carbons (Fsp3) is 0.385. The molecule has 4 rings (SSSR count). The van der Waals surface area contributed by atoms with Crippen LogP contribution in [0.25, 0.3) is 10.9 Å². The summed E-state index contributed by atoms with van der Waals surface area (Å²) in [6.07, 6.45) is 1.39. The third-order valence-electron chi connectivity index (χ3n) is 6.06. The molecule has 1 saturated heterocycles. The van der Waals surface area contributed by atoms with Gasteiger partial charge in [-0.1, -0.05) is 35.9 Å². The van der Waals surface area contributed by atoms with Crippen molar-refractivity contribution >= 4 is 28.6 Å². The second-order valence-corrected chi connectivity index (χ2v) is 8.77. The molecule has 1 amide bonds. The van der Waals surface area contributed by atoms with E-state index >= 15 is 0 Å². The van der Waals surface area contributed by atoms with Gasteiger partial charge in [0.15, 0.2) is 0 Å². The molecular formula is C26H30ClN3O4. The number of fused-ring (bicyclic) bond motifs is 1. The summed E-state index contributed by atoms with van der Waals surface area (Å²) in [5, 5.41) is 5.05. The highest BCUT2D eigenvalue weighted by atomic mass is 35.5. The molecule has 0 radical (unpaired) electrons. The van der Waals surface area contributed by atoms with Gasteiger partial charge in [-0.3, -0.25) is 4.79 Å². The largest absolute Gasteiger partial charge is 0.492 e. The molecule has 2 aromatic carbocycles. The van der Waals surface area contributed by atoms with Crippen LogP contribution >= 0.6 is 11.6 Å². The molecule has 2 heterocycles. The van der Waals surface area contributed by atoms with E-state index in [9.17, 15) is 9.59 Å². The fourth-order valence-electron chi connectivity index (χ4n) is 4.26. The van der Waals surface area contributed by atoms with Gasteiger partial charge in [-0.25, -0.2) is 4.79 Å². The van der Waals surface area contributed by atoms with Crippen LogP contribution in [0.4, 0.5) is 4.79 Å². The first-order valence-corrected chi connectivity index (χ1v) is 12.1. The van der Waals surface area contributed by atoms with Crippen molar-refractivity contribution in [3.05, 3.63) is 75.5 Å². The smallest absolute Gasteiger partial charge is 0.409 e. The molecule has 0 atom stereocenters. The number of likely N-dealkylation sites (tertiary alicyclic amines) is 1. The Morgan fingerprint density at radius 3 is 2.62 bits per heavy atom. The molecule has 34 heavy (non-hydrogen) atoms. The molecule has 3 aromatic rings. The highest BCUT2D eigenvalue weighted by molar-refractivity contribution is 6.31. The van der Waals surface area contributed by atoms with Gasteiger partial charge in [0.2, 0.25) is 0 Å². The lowest BCUT2D eigenvalue weighted by Gasteiger charge is -2.31. The predicted molar refractivity (Wildman–Crippen MR) is 134 cm³/mol. The Labute approximate surface area is 204 Å². The summed E-state index contributed by atoms with van der Waals surface area (Å²) in [5.41, 5.74) is 1.44. The Balaban J connectivity index is 1.45. The van der Waals surface area contributed by atoms with E-state index in [0.29, 0.717) is 50.0 Å². The molecular weight excluding hydrogens is 454 g/mol. The Morgan fingerprint density at radius 2 is 1.88 bits per heavy atom. The zero-order valence-corrected chi connectivity index (χ0v) is 20.1. The molecule has 1 aromatic heterocycles. The first kappa shape index (κ1) is 24.1. The Hall–Kier alpha value is -3.03.